The number of carbonyl (C=O) groups excluding carboxylic acids is 1. The predicted molar refractivity (Wildman–Crippen MR) is 116 cm³/mol. The quantitative estimate of drug-likeness (QED) is 0.672. The number of likely N-dealkylation sites (N-methyl/N-ethyl adjacent to an activating group) is 1. The first kappa shape index (κ1) is 20.4. The summed E-state index contributed by atoms with van der Waals surface area (Å²) in [5.74, 6) is 0.609. The van der Waals surface area contributed by atoms with Gasteiger partial charge in [0.05, 0.1) is 22.5 Å². The van der Waals surface area contributed by atoms with Gasteiger partial charge in [0.2, 0.25) is 21.9 Å². The lowest BCUT2D eigenvalue weighted by atomic mass is 10.3. The van der Waals surface area contributed by atoms with Gasteiger partial charge in [0.1, 0.15) is 0 Å². The second-order valence-electron chi connectivity index (χ2n) is 7.37. The van der Waals surface area contributed by atoms with Gasteiger partial charge in [0.25, 0.3) is 0 Å². The molecule has 0 atom stereocenters. The van der Waals surface area contributed by atoms with Crippen LogP contribution in [0.5, 0.6) is 0 Å². The zero-order chi connectivity index (χ0) is 21.1. The maximum atomic E-state index is 12.8. The van der Waals surface area contributed by atoms with E-state index in [2.05, 4.69) is 14.9 Å². The molecule has 1 fully saturated rings. The summed E-state index contributed by atoms with van der Waals surface area (Å²) in [5.41, 5.74) is 1.90. The number of nitrogens with zero attached hydrogens (tertiary/aromatic N) is 4. The van der Waals surface area contributed by atoms with E-state index >= 15 is 0 Å². The van der Waals surface area contributed by atoms with Gasteiger partial charge in [-0.2, -0.15) is 4.31 Å². The zero-order valence-corrected chi connectivity index (χ0v) is 17.7. The molecule has 1 amide bonds. The van der Waals surface area contributed by atoms with Gasteiger partial charge in [-0.05, 0) is 30.7 Å². The highest BCUT2D eigenvalue weighted by atomic mass is 32.2. The van der Waals surface area contributed by atoms with Crippen LogP contribution in [0.1, 0.15) is 6.42 Å². The third-order valence-corrected chi connectivity index (χ3v) is 7.15. The molecule has 1 aliphatic heterocycles. The minimum absolute atomic E-state index is 0.179. The van der Waals surface area contributed by atoms with Gasteiger partial charge >= 0.3 is 0 Å². The van der Waals surface area contributed by atoms with E-state index in [1.54, 1.807) is 23.1 Å². The van der Waals surface area contributed by atoms with E-state index < -0.39 is 10.0 Å². The number of amides is 1. The van der Waals surface area contributed by atoms with Crippen molar-refractivity contribution >= 4 is 32.9 Å². The topological polar surface area (TPSA) is 89.6 Å². The maximum absolute atomic E-state index is 12.8. The lowest BCUT2D eigenvalue weighted by Crippen LogP contribution is -2.42. The minimum atomic E-state index is -3.69. The number of anilines is 1. The number of aromatic nitrogens is 2. The zero-order valence-electron chi connectivity index (χ0n) is 16.9. The number of benzene rings is 2. The molecule has 1 saturated heterocycles. The molecule has 0 spiro atoms. The highest BCUT2D eigenvalue weighted by Gasteiger charge is 2.26. The maximum Gasteiger partial charge on any atom is 0.243 e. The Balaban J connectivity index is 1.39. The van der Waals surface area contributed by atoms with Crippen LogP contribution in [-0.4, -0.2) is 73.3 Å². The van der Waals surface area contributed by atoms with Crippen LogP contribution in [0.4, 0.5) is 5.95 Å². The minimum Gasteiger partial charge on any atom is -0.341 e. The second kappa shape index (κ2) is 8.45. The van der Waals surface area contributed by atoms with Crippen LogP contribution in [0.25, 0.3) is 11.0 Å². The first-order valence-corrected chi connectivity index (χ1v) is 11.4. The molecule has 8 nitrogen and oxygen atoms in total. The first-order valence-electron chi connectivity index (χ1n) is 9.94. The smallest absolute Gasteiger partial charge is 0.243 e. The van der Waals surface area contributed by atoms with Crippen LogP contribution in [-0.2, 0) is 14.8 Å². The monoisotopic (exact) mass is 427 g/mol. The number of fused-ring (bicyclic) bond motifs is 1. The predicted octanol–water partition coefficient (Wildman–Crippen LogP) is 1.92. The fourth-order valence-electron chi connectivity index (χ4n) is 3.62. The van der Waals surface area contributed by atoms with Gasteiger partial charge in [-0.15, -0.1) is 0 Å². The molecule has 0 unspecified atom stereocenters. The van der Waals surface area contributed by atoms with Gasteiger partial charge in [0.15, 0.2) is 0 Å². The second-order valence-corrected chi connectivity index (χ2v) is 9.42. The Hall–Kier alpha value is -2.91. The molecule has 1 aliphatic rings. The van der Waals surface area contributed by atoms with Crippen molar-refractivity contribution in [2.45, 2.75) is 11.3 Å². The number of rotatable bonds is 5. The van der Waals surface area contributed by atoms with Crippen LogP contribution in [0.2, 0.25) is 0 Å². The standard InChI is InChI=1S/C21H25N5O3S/c1-24(30(28,29)17-8-3-2-4-9-17)16-20(27)25-12-7-13-26(15-14-25)21-22-18-10-5-6-11-19(18)23-21/h2-6,8-11H,7,12-16H2,1H3,(H,22,23). The number of sulfonamides is 1. The molecule has 30 heavy (non-hydrogen) atoms. The number of para-hydroxylation sites is 2. The molecule has 9 heteroatoms. The average Bonchev–Trinajstić information content (AvgIpc) is 3.03. The molecular formula is C21H25N5O3S. The molecule has 158 valence electrons. The van der Waals surface area contributed by atoms with Crippen molar-refractivity contribution in [2.24, 2.45) is 0 Å². The summed E-state index contributed by atoms with van der Waals surface area (Å²) < 4.78 is 26.5. The summed E-state index contributed by atoms with van der Waals surface area (Å²) in [5, 5.41) is 0. The summed E-state index contributed by atoms with van der Waals surface area (Å²) in [6, 6.07) is 16.0. The Morgan fingerprint density at radius 3 is 2.53 bits per heavy atom. The van der Waals surface area contributed by atoms with E-state index in [1.165, 1.54) is 19.2 Å². The van der Waals surface area contributed by atoms with Crippen molar-refractivity contribution in [2.75, 3.05) is 44.7 Å². The molecule has 4 rings (SSSR count). The van der Waals surface area contributed by atoms with Crippen molar-refractivity contribution in [3.63, 3.8) is 0 Å². The number of H-pyrrole nitrogens is 1. The van der Waals surface area contributed by atoms with Crippen LogP contribution in [0.15, 0.2) is 59.5 Å². The van der Waals surface area contributed by atoms with Crippen LogP contribution in [0.3, 0.4) is 0 Å². The third-order valence-electron chi connectivity index (χ3n) is 5.33. The van der Waals surface area contributed by atoms with E-state index in [0.29, 0.717) is 19.6 Å². The first-order chi connectivity index (χ1) is 14.4. The third kappa shape index (κ3) is 4.17. The van der Waals surface area contributed by atoms with E-state index in [-0.39, 0.29) is 17.3 Å². The van der Waals surface area contributed by atoms with E-state index in [9.17, 15) is 13.2 Å². The Morgan fingerprint density at radius 2 is 1.77 bits per heavy atom. The fourth-order valence-corrected chi connectivity index (χ4v) is 4.76. The number of hydrogen-bond donors (Lipinski definition) is 1. The van der Waals surface area contributed by atoms with Gasteiger partial charge in [-0.3, -0.25) is 4.79 Å². The van der Waals surface area contributed by atoms with E-state index in [4.69, 9.17) is 0 Å². The van der Waals surface area contributed by atoms with E-state index in [0.717, 1.165) is 34.3 Å². The Bertz CT molecular complexity index is 1100. The van der Waals surface area contributed by atoms with Crippen molar-refractivity contribution in [3.05, 3.63) is 54.6 Å². The molecule has 1 N–H and O–H groups in total. The Kier molecular flexibility index (Phi) is 5.74. The molecule has 3 aromatic rings. The van der Waals surface area contributed by atoms with Crippen molar-refractivity contribution in [3.8, 4) is 0 Å². The van der Waals surface area contributed by atoms with Crippen LogP contribution < -0.4 is 4.90 Å². The van der Waals surface area contributed by atoms with Gasteiger partial charge < -0.3 is 14.8 Å². The number of imidazole rings is 1. The highest BCUT2D eigenvalue weighted by Crippen LogP contribution is 2.19. The molecule has 2 aromatic carbocycles. The number of carbonyl (C=O) groups is 1. The largest absolute Gasteiger partial charge is 0.341 e. The summed E-state index contributed by atoms with van der Waals surface area (Å²) in [7, 11) is -2.25. The van der Waals surface area contributed by atoms with Gasteiger partial charge in [-0.25, -0.2) is 13.4 Å². The lowest BCUT2D eigenvalue weighted by Gasteiger charge is -2.24. The average molecular weight is 428 g/mol. The normalized spacial score (nSPS) is 15.5. The molecule has 0 bridgehead atoms. The van der Waals surface area contributed by atoms with Crippen molar-refractivity contribution in [1.29, 1.82) is 0 Å². The summed E-state index contributed by atoms with van der Waals surface area (Å²) in [4.78, 5) is 24.8. The van der Waals surface area contributed by atoms with Crippen molar-refractivity contribution in [1.82, 2.24) is 19.2 Å². The van der Waals surface area contributed by atoms with Crippen LogP contribution >= 0.6 is 0 Å². The molecule has 1 aromatic heterocycles. The summed E-state index contributed by atoms with van der Waals surface area (Å²) >= 11 is 0. The van der Waals surface area contributed by atoms with Gasteiger partial charge in [-0.1, -0.05) is 30.3 Å². The summed E-state index contributed by atoms with van der Waals surface area (Å²) in [6.07, 6.45) is 0.790. The molecule has 2 heterocycles. The summed E-state index contributed by atoms with van der Waals surface area (Å²) in [6.45, 7) is 2.36. The van der Waals surface area contributed by atoms with Crippen molar-refractivity contribution < 1.29 is 13.2 Å². The molecule has 0 aliphatic carbocycles. The Morgan fingerprint density at radius 1 is 1.03 bits per heavy atom. The fraction of sp³-hybridized carbons (Fsp3) is 0.333. The van der Waals surface area contributed by atoms with E-state index in [1.807, 2.05) is 24.3 Å². The Labute approximate surface area is 176 Å². The number of aromatic amines is 1. The molecule has 0 saturated carbocycles. The number of nitrogens with one attached hydrogen (secondary N) is 1. The van der Waals surface area contributed by atoms with Gasteiger partial charge in [0, 0.05) is 33.2 Å². The SMILES string of the molecule is CN(CC(=O)N1CCCN(c2nc3ccccc3[nH]2)CC1)S(=O)(=O)c1ccccc1. The molecular weight excluding hydrogens is 402 g/mol. The highest BCUT2D eigenvalue weighted by molar-refractivity contribution is 7.89. The molecule has 0 radical (unpaired) electrons. The van der Waals surface area contributed by atoms with Crippen LogP contribution in [0, 0.1) is 0 Å². The number of hydrogen-bond acceptors (Lipinski definition) is 5. The lowest BCUT2D eigenvalue weighted by molar-refractivity contribution is -0.131.